The second kappa shape index (κ2) is 7.24. The van der Waals surface area contributed by atoms with E-state index in [1.54, 1.807) is 0 Å². The first kappa shape index (κ1) is 16.7. The lowest BCUT2D eigenvalue weighted by Gasteiger charge is -2.50. The Kier molecular flexibility index (Phi) is 4.84. The van der Waals surface area contributed by atoms with Crippen molar-refractivity contribution in [1.82, 2.24) is 15.2 Å². The molecule has 0 unspecified atom stereocenters. The molecular formula is C21H27N3O. The van der Waals surface area contributed by atoms with E-state index in [2.05, 4.69) is 45.5 Å². The molecule has 2 N–H and O–H groups in total. The summed E-state index contributed by atoms with van der Waals surface area (Å²) in [6.45, 7) is 4.39. The van der Waals surface area contributed by atoms with Gasteiger partial charge in [0, 0.05) is 42.9 Å². The van der Waals surface area contributed by atoms with Gasteiger partial charge < -0.3 is 10.4 Å². The molecule has 4 heteroatoms. The Balaban J connectivity index is 1.49. The van der Waals surface area contributed by atoms with Gasteiger partial charge >= 0.3 is 0 Å². The van der Waals surface area contributed by atoms with Crippen molar-refractivity contribution in [2.24, 2.45) is 5.41 Å². The number of aromatic nitrogens is 1. The summed E-state index contributed by atoms with van der Waals surface area (Å²) in [5.74, 6) is 0. The number of piperidine rings is 2. The highest BCUT2D eigenvalue weighted by atomic mass is 16.3. The standard InChI is InChI=1S/C21H27N3O/c25-16-21-9-4-11-23-20(21)8-12-24(15-21)14-17-5-3-6-18(13-17)19-7-1-2-10-22-19/h1-3,5-7,10,13,20,23,25H,4,8-9,11-12,14-16H2/t20-,21-/m1/s1. The van der Waals surface area contributed by atoms with Crippen LogP contribution in [0.1, 0.15) is 24.8 Å². The minimum absolute atomic E-state index is 0.0368. The number of fused-ring (bicyclic) bond motifs is 1. The molecule has 0 amide bonds. The molecule has 25 heavy (non-hydrogen) atoms. The minimum Gasteiger partial charge on any atom is -0.396 e. The number of hydrogen-bond donors (Lipinski definition) is 2. The van der Waals surface area contributed by atoms with Gasteiger partial charge in [-0.25, -0.2) is 0 Å². The molecule has 2 atom stereocenters. The predicted molar refractivity (Wildman–Crippen MR) is 100 cm³/mol. The zero-order valence-electron chi connectivity index (χ0n) is 14.7. The van der Waals surface area contributed by atoms with Crippen molar-refractivity contribution in [2.45, 2.75) is 31.8 Å². The quantitative estimate of drug-likeness (QED) is 0.901. The van der Waals surface area contributed by atoms with Crippen LogP contribution in [0, 0.1) is 5.41 Å². The van der Waals surface area contributed by atoms with Gasteiger partial charge in [-0.15, -0.1) is 0 Å². The van der Waals surface area contributed by atoms with Gasteiger partial charge in [-0.3, -0.25) is 9.88 Å². The Morgan fingerprint density at radius 1 is 1.24 bits per heavy atom. The van der Waals surface area contributed by atoms with Crippen LogP contribution in [0.3, 0.4) is 0 Å². The van der Waals surface area contributed by atoms with Crippen LogP contribution >= 0.6 is 0 Å². The molecule has 2 aliphatic rings. The number of hydrogen-bond acceptors (Lipinski definition) is 4. The van der Waals surface area contributed by atoms with Crippen molar-refractivity contribution in [3.05, 3.63) is 54.2 Å². The fraction of sp³-hybridized carbons (Fsp3) is 0.476. The van der Waals surface area contributed by atoms with Crippen molar-refractivity contribution in [1.29, 1.82) is 0 Å². The maximum Gasteiger partial charge on any atom is 0.0702 e. The summed E-state index contributed by atoms with van der Waals surface area (Å²) >= 11 is 0. The molecule has 3 heterocycles. The number of aliphatic hydroxyl groups is 1. The molecule has 1 aromatic carbocycles. The van der Waals surface area contributed by atoms with E-state index in [-0.39, 0.29) is 12.0 Å². The topological polar surface area (TPSA) is 48.4 Å². The summed E-state index contributed by atoms with van der Waals surface area (Å²) in [4.78, 5) is 6.97. The fourth-order valence-electron chi connectivity index (χ4n) is 4.54. The number of pyridine rings is 1. The number of benzene rings is 1. The van der Waals surface area contributed by atoms with Gasteiger partial charge in [-0.05, 0) is 49.6 Å². The zero-order valence-corrected chi connectivity index (χ0v) is 14.7. The lowest BCUT2D eigenvalue weighted by atomic mass is 9.70. The summed E-state index contributed by atoms with van der Waals surface area (Å²) in [7, 11) is 0. The molecule has 132 valence electrons. The molecular weight excluding hydrogens is 310 g/mol. The van der Waals surface area contributed by atoms with Crippen molar-refractivity contribution >= 4 is 0 Å². The maximum absolute atomic E-state index is 10.1. The van der Waals surface area contributed by atoms with E-state index in [1.807, 2.05) is 18.3 Å². The Hall–Kier alpha value is -1.75. The molecule has 4 rings (SSSR count). The molecule has 0 radical (unpaired) electrons. The van der Waals surface area contributed by atoms with Gasteiger partial charge in [0.15, 0.2) is 0 Å². The molecule has 4 nitrogen and oxygen atoms in total. The predicted octanol–water partition coefficient (Wildman–Crippen LogP) is 2.69. The second-order valence-corrected chi connectivity index (χ2v) is 7.55. The van der Waals surface area contributed by atoms with Crippen molar-refractivity contribution < 1.29 is 5.11 Å². The van der Waals surface area contributed by atoms with Crippen LogP contribution in [0.15, 0.2) is 48.7 Å². The largest absolute Gasteiger partial charge is 0.396 e. The number of aliphatic hydroxyl groups excluding tert-OH is 1. The zero-order chi connectivity index (χ0) is 17.1. The van der Waals surface area contributed by atoms with Gasteiger partial charge in [0.25, 0.3) is 0 Å². The molecule has 2 saturated heterocycles. The monoisotopic (exact) mass is 337 g/mol. The molecule has 0 bridgehead atoms. The molecule has 1 aromatic heterocycles. The van der Waals surface area contributed by atoms with Gasteiger partial charge in [0.05, 0.1) is 12.3 Å². The Morgan fingerprint density at radius 3 is 3.04 bits per heavy atom. The molecule has 2 aromatic rings. The van der Waals surface area contributed by atoms with E-state index in [1.165, 1.54) is 17.5 Å². The average molecular weight is 337 g/mol. The smallest absolute Gasteiger partial charge is 0.0702 e. The average Bonchev–Trinajstić information content (AvgIpc) is 2.69. The van der Waals surface area contributed by atoms with Crippen molar-refractivity contribution in [3.63, 3.8) is 0 Å². The Labute approximate surface area is 149 Å². The lowest BCUT2D eigenvalue weighted by molar-refractivity contribution is -0.0222. The van der Waals surface area contributed by atoms with Crippen molar-refractivity contribution in [2.75, 3.05) is 26.2 Å². The first-order valence-electron chi connectivity index (χ1n) is 9.36. The molecule has 0 saturated carbocycles. The van der Waals surface area contributed by atoms with Crippen molar-refractivity contribution in [3.8, 4) is 11.3 Å². The van der Waals surface area contributed by atoms with Crippen LogP contribution in [0.4, 0.5) is 0 Å². The minimum atomic E-state index is 0.0368. The van der Waals surface area contributed by atoms with E-state index in [0.29, 0.717) is 6.04 Å². The van der Waals surface area contributed by atoms with Crippen LogP contribution in [-0.2, 0) is 6.54 Å². The third-order valence-corrected chi connectivity index (χ3v) is 5.86. The molecule has 0 spiro atoms. The number of rotatable bonds is 4. The third-order valence-electron chi connectivity index (χ3n) is 5.86. The number of likely N-dealkylation sites (tertiary alicyclic amines) is 1. The normalized spacial score (nSPS) is 27.0. The van der Waals surface area contributed by atoms with E-state index in [0.717, 1.165) is 44.7 Å². The van der Waals surface area contributed by atoms with Gasteiger partial charge in [-0.2, -0.15) is 0 Å². The highest BCUT2D eigenvalue weighted by Crippen LogP contribution is 2.37. The summed E-state index contributed by atoms with van der Waals surface area (Å²) < 4.78 is 0. The first-order chi connectivity index (χ1) is 12.3. The van der Waals surface area contributed by atoms with E-state index >= 15 is 0 Å². The highest BCUT2D eigenvalue weighted by molar-refractivity contribution is 5.59. The Morgan fingerprint density at radius 2 is 2.20 bits per heavy atom. The summed E-state index contributed by atoms with van der Waals surface area (Å²) in [5.41, 5.74) is 3.55. The van der Waals surface area contributed by atoms with Gasteiger partial charge in [-0.1, -0.05) is 24.3 Å². The van der Waals surface area contributed by atoms with E-state index < -0.39 is 0 Å². The first-order valence-corrected chi connectivity index (χ1v) is 9.36. The third kappa shape index (κ3) is 3.47. The number of nitrogens with one attached hydrogen (secondary N) is 1. The summed E-state index contributed by atoms with van der Waals surface area (Å²) in [6.07, 6.45) is 5.26. The SMILES string of the molecule is OC[C@]12CCCN[C@@H]1CCN(Cc1cccc(-c3ccccn3)c1)C2. The maximum atomic E-state index is 10.1. The number of nitrogens with zero attached hydrogens (tertiary/aromatic N) is 2. The van der Waals surface area contributed by atoms with E-state index in [4.69, 9.17) is 0 Å². The second-order valence-electron chi connectivity index (χ2n) is 7.55. The van der Waals surface area contributed by atoms with Gasteiger partial charge in [0.2, 0.25) is 0 Å². The Bertz CT molecular complexity index is 705. The van der Waals surface area contributed by atoms with Crippen LogP contribution < -0.4 is 5.32 Å². The van der Waals surface area contributed by atoms with Crippen LogP contribution in [0.5, 0.6) is 0 Å². The van der Waals surface area contributed by atoms with Gasteiger partial charge in [0.1, 0.15) is 0 Å². The fourth-order valence-corrected chi connectivity index (χ4v) is 4.54. The van der Waals surface area contributed by atoms with E-state index in [9.17, 15) is 5.11 Å². The molecule has 2 aliphatic heterocycles. The molecule has 2 fully saturated rings. The molecule has 0 aliphatic carbocycles. The lowest BCUT2D eigenvalue weighted by Crippen LogP contribution is -2.61. The van der Waals surface area contributed by atoms with Crippen LogP contribution in [0.25, 0.3) is 11.3 Å². The summed E-state index contributed by atoms with van der Waals surface area (Å²) in [5, 5.41) is 13.7. The van der Waals surface area contributed by atoms with Crippen LogP contribution in [-0.4, -0.2) is 47.3 Å². The highest BCUT2D eigenvalue weighted by Gasteiger charge is 2.44. The summed E-state index contributed by atoms with van der Waals surface area (Å²) in [6, 6.07) is 15.2. The van der Waals surface area contributed by atoms with Crippen LogP contribution in [0.2, 0.25) is 0 Å².